The number of carbonyl (C=O) groups excluding carboxylic acids is 1. The Hall–Kier alpha value is -1.57. The first kappa shape index (κ1) is 22.1. The van der Waals surface area contributed by atoms with Crippen molar-refractivity contribution < 1.29 is 26.6 Å². The molecular formula is C17H29N5O6S. The van der Waals surface area contributed by atoms with Crippen LogP contribution < -0.4 is 16.4 Å². The lowest BCUT2D eigenvalue weighted by molar-refractivity contribution is -0.157. The van der Waals surface area contributed by atoms with Crippen LogP contribution in [0.5, 0.6) is 0 Å². The minimum Gasteiger partial charge on any atom is -0.361 e. The van der Waals surface area contributed by atoms with Crippen LogP contribution >= 0.6 is 0 Å². The summed E-state index contributed by atoms with van der Waals surface area (Å²) < 4.78 is 40.4. The highest BCUT2D eigenvalue weighted by Gasteiger charge is 2.35. The van der Waals surface area contributed by atoms with E-state index in [4.69, 9.17) is 14.8 Å². The Kier molecular flexibility index (Phi) is 7.60. The summed E-state index contributed by atoms with van der Waals surface area (Å²) >= 11 is 0. The molecule has 164 valence electrons. The first-order valence-electron chi connectivity index (χ1n) is 9.96. The van der Waals surface area contributed by atoms with Gasteiger partial charge in [-0.2, -0.15) is 13.5 Å². The lowest BCUT2D eigenvalue weighted by atomic mass is 10.0. The van der Waals surface area contributed by atoms with Crippen molar-refractivity contribution in [2.24, 2.45) is 5.73 Å². The number of nitrogens with two attached hydrogens (primary N) is 1. The van der Waals surface area contributed by atoms with Gasteiger partial charge in [0.25, 0.3) is 0 Å². The third-order valence-corrected chi connectivity index (χ3v) is 5.70. The Morgan fingerprint density at radius 2 is 2.17 bits per heavy atom. The Morgan fingerprint density at radius 3 is 2.90 bits per heavy atom. The van der Waals surface area contributed by atoms with Crippen molar-refractivity contribution in [1.29, 1.82) is 0 Å². The first-order chi connectivity index (χ1) is 13.8. The maximum atomic E-state index is 11.8. The van der Waals surface area contributed by atoms with Crippen LogP contribution in [0.2, 0.25) is 0 Å². The zero-order valence-corrected chi connectivity index (χ0v) is 17.1. The summed E-state index contributed by atoms with van der Waals surface area (Å²) in [5.74, 6) is 0.274. The number of nitrogens with zero attached hydrogens (tertiary/aromatic N) is 2. The molecule has 1 amide bonds. The Morgan fingerprint density at radius 1 is 1.41 bits per heavy atom. The average Bonchev–Trinajstić information content (AvgIpc) is 3.27. The van der Waals surface area contributed by atoms with E-state index in [1.807, 2.05) is 6.07 Å². The SMILES string of the molecule is N[C@@H](CC[C@@H]1CCC(=O)N1OS(=O)(=O)O)c1cc(CCNC2CCNCC2)on1. The predicted molar refractivity (Wildman–Crippen MR) is 103 cm³/mol. The highest BCUT2D eigenvalue weighted by molar-refractivity contribution is 7.80. The number of amides is 1. The summed E-state index contributed by atoms with van der Waals surface area (Å²) in [6.07, 6.45) is 4.44. The van der Waals surface area contributed by atoms with E-state index in [0.717, 1.165) is 49.7 Å². The van der Waals surface area contributed by atoms with Crippen LogP contribution in [-0.2, 0) is 25.9 Å². The highest BCUT2D eigenvalue weighted by Crippen LogP contribution is 2.27. The van der Waals surface area contributed by atoms with E-state index in [9.17, 15) is 13.2 Å². The molecule has 0 unspecified atom stereocenters. The summed E-state index contributed by atoms with van der Waals surface area (Å²) in [7, 11) is -4.74. The Balaban J connectivity index is 1.43. The van der Waals surface area contributed by atoms with Gasteiger partial charge in [0, 0.05) is 31.5 Å². The summed E-state index contributed by atoms with van der Waals surface area (Å²) in [4.78, 5) is 11.8. The maximum absolute atomic E-state index is 11.8. The zero-order valence-electron chi connectivity index (χ0n) is 16.2. The van der Waals surface area contributed by atoms with Gasteiger partial charge in [-0.05, 0) is 45.2 Å². The van der Waals surface area contributed by atoms with Crippen LogP contribution in [-0.4, -0.2) is 60.8 Å². The third-order valence-electron chi connectivity index (χ3n) is 5.35. The van der Waals surface area contributed by atoms with Gasteiger partial charge < -0.3 is 20.9 Å². The van der Waals surface area contributed by atoms with Crippen molar-refractivity contribution in [3.8, 4) is 0 Å². The van der Waals surface area contributed by atoms with E-state index >= 15 is 0 Å². The van der Waals surface area contributed by atoms with Gasteiger partial charge in [0.15, 0.2) is 0 Å². The largest absolute Gasteiger partial charge is 0.418 e. The molecule has 2 aliphatic rings. The summed E-state index contributed by atoms with van der Waals surface area (Å²) in [5, 5.41) is 11.6. The minimum atomic E-state index is -4.74. The zero-order chi connectivity index (χ0) is 20.9. The molecule has 1 aromatic rings. The van der Waals surface area contributed by atoms with Crippen molar-refractivity contribution in [3.63, 3.8) is 0 Å². The molecule has 3 rings (SSSR count). The molecule has 29 heavy (non-hydrogen) atoms. The van der Waals surface area contributed by atoms with Gasteiger partial charge in [-0.25, -0.2) is 0 Å². The number of hydroxylamine groups is 2. The summed E-state index contributed by atoms with van der Waals surface area (Å²) in [6.45, 7) is 2.89. The third kappa shape index (κ3) is 6.73. The van der Waals surface area contributed by atoms with E-state index in [1.165, 1.54) is 0 Å². The van der Waals surface area contributed by atoms with E-state index in [2.05, 4.69) is 20.1 Å². The second-order valence-corrected chi connectivity index (χ2v) is 8.55. The molecule has 2 fully saturated rings. The molecule has 0 saturated carbocycles. The minimum absolute atomic E-state index is 0.160. The van der Waals surface area contributed by atoms with E-state index < -0.39 is 28.4 Å². The lowest BCUT2D eigenvalue weighted by Crippen LogP contribution is -2.40. The molecule has 12 heteroatoms. The number of rotatable bonds is 10. The molecule has 2 atom stereocenters. The van der Waals surface area contributed by atoms with Crippen LogP contribution in [0.4, 0.5) is 0 Å². The fourth-order valence-electron chi connectivity index (χ4n) is 3.75. The van der Waals surface area contributed by atoms with Crippen molar-refractivity contribution in [2.75, 3.05) is 19.6 Å². The van der Waals surface area contributed by atoms with Gasteiger partial charge in [0.05, 0.1) is 12.1 Å². The monoisotopic (exact) mass is 431 g/mol. The predicted octanol–water partition coefficient (Wildman–Crippen LogP) is 0.0641. The molecule has 0 radical (unpaired) electrons. The van der Waals surface area contributed by atoms with Gasteiger partial charge in [-0.1, -0.05) is 5.16 Å². The molecule has 1 aromatic heterocycles. The molecule has 0 spiro atoms. The van der Waals surface area contributed by atoms with Crippen LogP contribution in [0.25, 0.3) is 0 Å². The molecule has 3 heterocycles. The van der Waals surface area contributed by atoms with Crippen molar-refractivity contribution >= 4 is 16.3 Å². The van der Waals surface area contributed by atoms with Crippen LogP contribution in [0.1, 0.15) is 56.0 Å². The van der Waals surface area contributed by atoms with Crippen LogP contribution in [0, 0.1) is 0 Å². The molecule has 0 bridgehead atoms. The first-order valence-corrected chi connectivity index (χ1v) is 11.3. The topological polar surface area (TPSA) is 160 Å². The smallest absolute Gasteiger partial charge is 0.361 e. The van der Waals surface area contributed by atoms with Crippen LogP contribution in [0.15, 0.2) is 10.6 Å². The second-order valence-electron chi connectivity index (χ2n) is 7.54. The molecule has 0 aromatic carbocycles. The van der Waals surface area contributed by atoms with Gasteiger partial charge in [0.1, 0.15) is 11.5 Å². The van der Waals surface area contributed by atoms with Gasteiger partial charge >= 0.3 is 10.4 Å². The molecule has 11 nitrogen and oxygen atoms in total. The maximum Gasteiger partial charge on any atom is 0.418 e. The lowest BCUT2D eigenvalue weighted by Gasteiger charge is -2.23. The molecule has 2 aliphatic heterocycles. The van der Waals surface area contributed by atoms with Gasteiger partial charge in [-0.3, -0.25) is 9.35 Å². The van der Waals surface area contributed by atoms with Gasteiger partial charge in [0.2, 0.25) is 5.91 Å². The molecule has 5 N–H and O–H groups in total. The fourth-order valence-corrected chi connectivity index (χ4v) is 4.16. The summed E-state index contributed by atoms with van der Waals surface area (Å²) in [6, 6.07) is 1.49. The number of carbonyl (C=O) groups is 1. The quantitative estimate of drug-likeness (QED) is 0.373. The molecule has 2 saturated heterocycles. The van der Waals surface area contributed by atoms with Crippen molar-refractivity contribution in [2.45, 2.75) is 63.1 Å². The molecular weight excluding hydrogens is 402 g/mol. The van der Waals surface area contributed by atoms with E-state index in [0.29, 0.717) is 31.0 Å². The Bertz CT molecular complexity index is 779. The second kappa shape index (κ2) is 9.96. The number of aromatic nitrogens is 1. The van der Waals surface area contributed by atoms with Gasteiger partial charge in [-0.15, -0.1) is 4.28 Å². The average molecular weight is 432 g/mol. The van der Waals surface area contributed by atoms with E-state index in [1.54, 1.807) is 0 Å². The Labute approximate surface area is 170 Å². The normalized spacial score (nSPS) is 22.3. The fraction of sp³-hybridized carbons (Fsp3) is 0.765. The number of hydrogen-bond donors (Lipinski definition) is 4. The number of nitrogens with one attached hydrogen (secondary N) is 2. The van der Waals surface area contributed by atoms with Crippen molar-refractivity contribution in [3.05, 3.63) is 17.5 Å². The van der Waals surface area contributed by atoms with Crippen LogP contribution in [0.3, 0.4) is 0 Å². The van der Waals surface area contributed by atoms with Crippen molar-refractivity contribution in [1.82, 2.24) is 20.9 Å². The highest BCUT2D eigenvalue weighted by atomic mass is 32.3. The molecule has 0 aliphatic carbocycles. The van der Waals surface area contributed by atoms with E-state index in [-0.39, 0.29) is 6.42 Å². The summed E-state index contributed by atoms with van der Waals surface area (Å²) in [5.41, 5.74) is 6.80. The number of hydrogen-bond acceptors (Lipinski definition) is 9. The standard InChI is InChI=1S/C17H29N5O6S/c18-15(3-1-13-2-4-17(23)22(13)28-29(24,25)26)16-11-14(27-21-16)7-10-20-12-5-8-19-9-6-12/h11-13,15,19-20H,1-10,18H2,(H,24,25,26)/t13-,15+/m1/s1. The number of piperidine rings is 1.